The summed E-state index contributed by atoms with van der Waals surface area (Å²) in [5.41, 5.74) is 7.30. The fraction of sp³-hybridized carbons (Fsp3) is 0. The third kappa shape index (κ3) is 1.06. The lowest BCUT2D eigenvalue weighted by Gasteiger charge is -1.91. The number of nitrogens with zero attached hydrogens (tertiary/aromatic N) is 1. The Kier molecular flexibility index (Phi) is 1.47. The molecule has 4 heteroatoms. The topological polar surface area (TPSA) is 38.9 Å². The lowest BCUT2D eigenvalue weighted by molar-refractivity contribution is 1.43. The van der Waals surface area contributed by atoms with Crippen LogP contribution in [0.5, 0.6) is 0 Å². The molecule has 0 spiro atoms. The minimum atomic E-state index is 0.727. The van der Waals surface area contributed by atoms with Crippen LogP contribution in [-0.2, 0) is 0 Å². The van der Waals surface area contributed by atoms with Crippen LogP contribution in [-0.4, -0.2) is 4.98 Å². The molecule has 0 amide bonds. The number of thiophene rings is 1. The maximum Gasteiger partial charge on any atom is 0.0957 e. The van der Waals surface area contributed by atoms with Crippen molar-refractivity contribution in [2.75, 3.05) is 5.73 Å². The maximum atomic E-state index is 5.78. The highest BCUT2D eigenvalue weighted by Gasteiger charge is 2.02. The van der Waals surface area contributed by atoms with Crippen LogP contribution in [0.15, 0.2) is 18.3 Å². The van der Waals surface area contributed by atoms with Gasteiger partial charge < -0.3 is 5.73 Å². The summed E-state index contributed by atoms with van der Waals surface area (Å²) in [4.78, 5) is 4.11. The number of aromatic nitrogens is 1. The Hall–Kier alpha value is -0.800. The first-order valence-corrected chi connectivity index (χ1v) is 4.26. The highest BCUT2D eigenvalue weighted by Crippen LogP contribution is 2.31. The Morgan fingerprint density at radius 3 is 3.09 bits per heavy atom. The third-order valence-electron chi connectivity index (χ3n) is 1.41. The molecule has 0 radical (unpaired) electrons. The number of hydrogen-bond acceptors (Lipinski definition) is 3. The third-order valence-corrected chi connectivity index (χ3v) is 2.71. The van der Waals surface area contributed by atoms with E-state index in [0.717, 1.165) is 20.2 Å². The van der Waals surface area contributed by atoms with Gasteiger partial charge in [0.2, 0.25) is 0 Å². The normalized spacial score (nSPS) is 10.6. The quantitative estimate of drug-likeness (QED) is 0.684. The van der Waals surface area contributed by atoms with E-state index in [9.17, 15) is 0 Å². The molecule has 0 bridgehead atoms. The zero-order chi connectivity index (χ0) is 7.84. The smallest absolute Gasteiger partial charge is 0.0957 e. The number of fused-ring (bicyclic) bond motifs is 1. The Bertz CT molecular complexity index is 396. The van der Waals surface area contributed by atoms with E-state index in [-0.39, 0.29) is 0 Å². The molecule has 0 fully saturated rings. The molecule has 0 unspecified atom stereocenters. The van der Waals surface area contributed by atoms with Crippen molar-refractivity contribution >= 4 is 38.8 Å². The van der Waals surface area contributed by atoms with E-state index >= 15 is 0 Å². The second-order valence-electron chi connectivity index (χ2n) is 2.17. The van der Waals surface area contributed by atoms with Gasteiger partial charge in [-0.2, -0.15) is 0 Å². The lowest BCUT2D eigenvalue weighted by Crippen LogP contribution is -1.83. The van der Waals surface area contributed by atoms with Crippen LogP contribution in [0, 0.1) is 0 Å². The predicted octanol–water partition coefficient (Wildman–Crippen LogP) is 2.53. The van der Waals surface area contributed by atoms with Gasteiger partial charge in [-0.25, -0.2) is 0 Å². The van der Waals surface area contributed by atoms with Gasteiger partial charge in [0.1, 0.15) is 0 Å². The molecule has 0 atom stereocenters. The SMILES string of the molecule is Nc1ccnc2cc(Cl)sc12. The summed E-state index contributed by atoms with van der Waals surface area (Å²) in [7, 11) is 0. The first-order valence-electron chi connectivity index (χ1n) is 3.07. The van der Waals surface area contributed by atoms with Gasteiger partial charge in [0.05, 0.1) is 20.2 Å². The first kappa shape index (κ1) is 6.88. The minimum absolute atomic E-state index is 0.727. The molecular formula is C7H5ClN2S. The molecule has 0 saturated carbocycles. The van der Waals surface area contributed by atoms with Crippen LogP contribution in [0.4, 0.5) is 5.69 Å². The van der Waals surface area contributed by atoms with Crippen LogP contribution in [0.1, 0.15) is 0 Å². The number of rotatable bonds is 0. The molecule has 2 aromatic heterocycles. The van der Waals surface area contributed by atoms with Gasteiger partial charge in [0, 0.05) is 6.20 Å². The van der Waals surface area contributed by atoms with Gasteiger partial charge in [-0.1, -0.05) is 11.6 Å². The van der Waals surface area contributed by atoms with E-state index in [1.807, 2.05) is 6.07 Å². The second kappa shape index (κ2) is 2.36. The zero-order valence-electron chi connectivity index (χ0n) is 5.54. The van der Waals surface area contributed by atoms with Gasteiger partial charge >= 0.3 is 0 Å². The van der Waals surface area contributed by atoms with Crippen molar-refractivity contribution in [3.05, 3.63) is 22.7 Å². The Morgan fingerprint density at radius 2 is 2.36 bits per heavy atom. The Balaban J connectivity index is 2.90. The summed E-state index contributed by atoms with van der Waals surface area (Å²) >= 11 is 7.23. The first-order chi connectivity index (χ1) is 5.27. The molecular weight excluding hydrogens is 180 g/mol. The van der Waals surface area contributed by atoms with Crippen molar-refractivity contribution in [3.8, 4) is 0 Å². The van der Waals surface area contributed by atoms with Gasteiger partial charge in [-0.05, 0) is 12.1 Å². The largest absolute Gasteiger partial charge is 0.397 e. The average molecular weight is 185 g/mol. The monoisotopic (exact) mass is 184 g/mol. The highest BCUT2D eigenvalue weighted by molar-refractivity contribution is 7.23. The summed E-state index contributed by atoms with van der Waals surface area (Å²) in [6.45, 7) is 0. The minimum Gasteiger partial charge on any atom is -0.397 e. The molecule has 0 aliphatic heterocycles. The fourth-order valence-corrected chi connectivity index (χ4v) is 2.03. The number of hydrogen-bond donors (Lipinski definition) is 1. The van der Waals surface area contributed by atoms with E-state index in [1.54, 1.807) is 12.3 Å². The molecule has 11 heavy (non-hydrogen) atoms. The Labute approximate surface area is 72.6 Å². The standard InChI is InChI=1S/C7H5ClN2S/c8-6-3-5-7(11-6)4(9)1-2-10-5/h1-3H,(H2,9,10). The molecule has 2 aromatic rings. The molecule has 2 rings (SSSR count). The number of nitrogens with two attached hydrogens (primary N) is 1. The van der Waals surface area contributed by atoms with Crippen molar-refractivity contribution in [1.29, 1.82) is 0 Å². The molecule has 0 aliphatic rings. The lowest BCUT2D eigenvalue weighted by atomic mass is 10.3. The summed E-state index contributed by atoms with van der Waals surface area (Å²) in [6.07, 6.45) is 1.68. The van der Waals surface area contributed by atoms with Gasteiger partial charge in [-0.15, -0.1) is 11.3 Å². The fourth-order valence-electron chi connectivity index (χ4n) is 0.929. The molecule has 0 aliphatic carbocycles. The summed E-state index contributed by atoms with van der Waals surface area (Å²) in [5, 5.41) is 0. The van der Waals surface area contributed by atoms with E-state index in [2.05, 4.69) is 4.98 Å². The van der Waals surface area contributed by atoms with Crippen LogP contribution < -0.4 is 5.73 Å². The van der Waals surface area contributed by atoms with E-state index < -0.39 is 0 Å². The van der Waals surface area contributed by atoms with Crippen molar-refractivity contribution in [2.45, 2.75) is 0 Å². The van der Waals surface area contributed by atoms with Gasteiger partial charge in [0.25, 0.3) is 0 Å². The number of pyridine rings is 1. The van der Waals surface area contributed by atoms with Gasteiger partial charge in [-0.3, -0.25) is 4.98 Å². The molecule has 0 aromatic carbocycles. The number of nitrogen functional groups attached to an aromatic ring is 1. The molecule has 56 valence electrons. The maximum absolute atomic E-state index is 5.78. The van der Waals surface area contributed by atoms with E-state index in [4.69, 9.17) is 17.3 Å². The Morgan fingerprint density at radius 1 is 1.55 bits per heavy atom. The number of halogens is 1. The molecule has 2 N–H and O–H groups in total. The van der Waals surface area contributed by atoms with Gasteiger partial charge in [0.15, 0.2) is 0 Å². The van der Waals surface area contributed by atoms with Crippen LogP contribution in [0.25, 0.3) is 10.2 Å². The predicted molar refractivity (Wildman–Crippen MR) is 49.0 cm³/mol. The average Bonchev–Trinajstić information content (AvgIpc) is 2.31. The van der Waals surface area contributed by atoms with E-state index in [0.29, 0.717) is 0 Å². The second-order valence-corrected chi connectivity index (χ2v) is 3.85. The zero-order valence-corrected chi connectivity index (χ0v) is 7.12. The summed E-state index contributed by atoms with van der Waals surface area (Å²) in [6, 6.07) is 3.59. The summed E-state index contributed by atoms with van der Waals surface area (Å²) < 4.78 is 1.70. The van der Waals surface area contributed by atoms with Crippen molar-refractivity contribution in [2.24, 2.45) is 0 Å². The van der Waals surface area contributed by atoms with Crippen LogP contribution in [0.3, 0.4) is 0 Å². The van der Waals surface area contributed by atoms with Crippen molar-refractivity contribution in [3.63, 3.8) is 0 Å². The molecule has 0 saturated heterocycles. The molecule has 2 heterocycles. The van der Waals surface area contributed by atoms with E-state index in [1.165, 1.54) is 11.3 Å². The van der Waals surface area contributed by atoms with Crippen LogP contribution >= 0.6 is 22.9 Å². The van der Waals surface area contributed by atoms with Crippen LogP contribution in [0.2, 0.25) is 4.34 Å². The summed E-state index contributed by atoms with van der Waals surface area (Å²) in [5.74, 6) is 0. The molecule has 2 nitrogen and oxygen atoms in total. The van der Waals surface area contributed by atoms with Crippen molar-refractivity contribution in [1.82, 2.24) is 4.98 Å². The van der Waals surface area contributed by atoms with Crippen molar-refractivity contribution < 1.29 is 0 Å². The highest BCUT2D eigenvalue weighted by atomic mass is 35.5. The number of anilines is 1.